The van der Waals surface area contributed by atoms with Crippen molar-refractivity contribution in [2.75, 3.05) is 20.4 Å². The molecule has 1 aliphatic rings. The number of hydrogen-bond donors (Lipinski definition) is 2. The summed E-state index contributed by atoms with van der Waals surface area (Å²) in [7, 11) is 1.76. The zero-order valence-corrected chi connectivity index (χ0v) is 24.7. The minimum Gasteiger partial charge on any atom is -0.428 e. The molecule has 1 fully saturated rings. The van der Waals surface area contributed by atoms with Gasteiger partial charge < -0.3 is 25.1 Å². The minimum absolute atomic E-state index is 0. The van der Waals surface area contributed by atoms with Gasteiger partial charge >= 0.3 is 11.9 Å². The summed E-state index contributed by atoms with van der Waals surface area (Å²) in [5.74, 6) is -1.79. The van der Waals surface area contributed by atoms with Gasteiger partial charge in [-0.05, 0) is 52.0 Å². The van der Waals surface area contributed by atoms with E-state index >= 15 is 0 Å². The van der Waals surface area contributed by atoms with E-state index in [2.05, 4.69) is 10.3 Å². The predicted octanol–water partition coefficient (Wildman–Crippen LogP) is 3.53. The average Bonchev–Trinajstić information content (AvgIpc) is 3.07. The van der Waals surface area contributed by atoms with Crippen molar-refractivity contribution in [1.82, 2.24) is 10.2 Å². The molecule has 0 aromatic heterocycles. The highest BCUT2D eigenvalue weighted by Crippen LogP contribution is 2.31. The lowest BCUT2D eigenvalue weighted by molar-refractivity contribution is -0.173. The lowest BCUT2D eigenvalue weighted by Gasteiger charge is -2.19. The largest absolute Gasteiger partial charge is 0.428 e. The van der Waals surface area contributed by atoms with Gasteiger partial charge in [0.1, 0.15) is 5.25 Å². The van der Waals surface area contributed by atoms with E-state index in [1.165, 1.54) is 29.1 Å². The number of esters is 2. The van der Waals surface area contributed by atoms with Gasteiger partial charge in [0.05, 0.1) is 17.4 Å². The van der Waals surface area contributed by atoms with E-state index in [9.17, 15) is 19.2 Å². The molecule has 0 aliphatic carbocycles. The molecule has 1 aliphatic heterocycles. The molecule has 13 heteroatoms. The number of carbonyl (C=O) groups excluding carboxylic acids is 4. The molecule has 2 atom stereocenters. The van der Waals surface area contributed by atoms with Crippen LogP contribution in [0.15, 0.2) is 34.2 Å². The Bertz CT molecular complexity index is 997. The summed E-state index contributed by atoms with van der Waals surface area (Å²) in [5, 5.41) is 9.73. The number of aliphatic imine (C=N–C) groups is 1. The Morgan fingerprint density at radius 2 is 1.83 bits per heavy atom. The maximum absolute atomic E-state index is 12.7. The number of amides is 2. The molecule has 1 heterocycles. The van der Waals surface area contributed by atoms with Crippen LogP contribution in [0.3, 0.4) is 0 Å². The molecule has 2 amide bonds. The molecule has 2 unspecified atom stereocenters. The maximum Gasteiger partial charge on any atom is 0.314 e. The van der Waals surface area contributed by atoms with Crippen molar-refractivity contribution >= 4 is 82.0 Å². The van der Waals surface area contributed by atoms with Crippen LogP contribution >= 0.6 is 47.5 Å². The number of halogens is 1. The number of rotatable bonds is 9. The van der Waals surface area contributed by atoms with Crippen molar-refractivity contribution in [3.63, 3.8) is 0 Å². The molecule has 0 saturated carbocycles. The molecule has 2 N–H and O–H groups in total. The highest BCUT2D eigenvalue weighted by molar-refractivity contribution is 14.0. The van der Waals surface area contributed by atoms with Gasteiger partial charge in [0.25, 0.3) is 5.91 Å². The van der Waals surface area contributed by atoms with Crippen molar-refractivity contribution in [2.24, 2.45) is 10.4 Å². The van der Waals surface area contributed by atoms with Crippen molar-refractivity contribution in [2.45, 2.75) is 50.3 Å². The Labute approximate surface area is 236 Å². The summed E-state index contributed by atoms with van der Waals surface area (Å²) in [4.78, 5) is 55.5. The highest BCUT2D eigenvalue weighted by Gasteiger charge is 2.39. The number of amidine groups is 1. The zero-order chi connectivity index (χ0) is 26.2. The molecular weight excluding hydrogens is 619 g/mol. The van der Waals surface area contributed by atoms with Crippen LogP contribution in [-0.2, 0) is 23.9 Å². The maximum atomic E-state index is 12.7. The molecule has 36 heavy (non-hydrogen) atoms. The third kappa shape index (κ3) is 9.39. The smallest absolute Gasteiger partial charge is 0.314 e. The molecule has 1 aromatic rings. The molecular formula is C23H31IN4O6S2. The summed E-state index contributed by atoms with van der Waals surface area (Å²) in [6, 6.07) is 6.56. The molecule has 198 valence electrons. The molecule has 0 bridgehead atoms. The van der Waals surface area contributed by atoms with Gasteiger partial charge in [0.2, 0.25) is 12.7 Å². The number of nitrogens with one attached hydrogen (secondary N) is 2. The summed E-state index contributed by atoms with van der Waals surface area (Å²) in [6.07, 6.45) is -0.0773. The van der Waals surface area contributed by atoms with Gasteiger partial charge in [-0.15, -0.1) is 24.0 Å². The van der Waals surface area contributed by atoms with E-state index in [0.717, 1.165) is 4.90 Å². The summed E-state index contributed by atoms with van der Waals surface area (Å²) in [5.41, 5.74) is 0.927. The molecule has 2 rings (SSSR count). The van der Waals surface area contributed by atoms with Gasteiger partial charge in [-0.25, -0.2) is 0 Å². The number of benzene rings is 1. The molecule has 0 radical (unpaired) electrons. The topological polar surface area (TPSA) is 138 Å². The Balaban J connectivity index is 0.00000648. The quantitative estimate of drug-likeness (QED) is 0.103. The summed E-state index contributed by atoms with van der Waals surface area (Å²) < 4.78 is 9.74. The van der Waals surface area contributed by atoms with E-state index in [-0.39, 0.29) is 48.9 Å². The fraction of sp³-hybridized carbons (Fsp3) is 0.478. The van der Waals surface area contributed by atoms with Crippen molar-refractivity contribution in [1.29, 1.82) is 5.41 Å². The molecule has 1 aromatic carbocycles. The van der Waals surface area contributed by atoms with E-state index in [0.29, 0.717) is 10.7 Å². The number of thioether (sulfide) groups is 2. The van der Waals surface area contributed by atoms with Crippen LogP contribution in [0.1, 0.15) is 44.5 Å². The van der Waals surface area contributed by atoms with Crippen LogP contribution in [0.25, 0.3) is 0 Å². The van der Waals surface area contributed by atoms with E-state index in [4.69, 9.17) is 14.9 Å². The van der Waals surface area contributed by atoms with Crippen molar-refractivity contribution in [3.05, 3.63) is 29.8 Å². The first-order valence-corrected chi connectivity index (χ1v) is 12.6. The standard InChI is InChI=1S/C23H30N4O6S2.HI/c1-14-18(20(30)25-11-10-17(28)32-13-33-21(31)23(2,3)4)35-22(27(14)5)26-19(29)15-6-8-16(9-7-15)34-12-24;/h6-9,12,14,18,24H,10-11,13H2,1-5H3,(H,25,30);1H. The monoisotopic (exact) mass is 650 g/mol. The Hall–Kier alpha value is -2.13. The van der Waals surface area contributed by atoms with Gasteiger partial charge in [-0.3, -0.25) is 19.2 Å². The first-order valence-electron chi connectivity index (χ1n) is 10.8. The third-order valence-corrected chi connectivity index (χ3v) is 7.10. The lowest BCUT2D eigenvalue weighted by Crippen LogP contribution is -2.41. The van der Waals surface area contributed by atoms with Crippen LogP contribution in [0.5, 0.6) is 0 Å². The summed E-state index contributed by atoms with van der Waals surface area (Å²) in [6.45, 7) is 6.51. The van der Waals surface area contributed by atoms with Crippen molar-refractivity contribution in [3.8, 4) is 0 Å². The second-order valence-electron chi connectivity index (χ2n) is 8.71. The van der Waals surface area contributed by atoms with Crippen LogP contribution < -0.4 is 5.32 Å². The first kappa shape index (κ1) is 31.9. The zero-order valence-electron chi connectivity index (χ0n) is 20.7. The van der Waals surface area contributed by atoms with Crippen LogP contribution in [0, 0.1) is 10.8 Å². The fourth-order valence-electron chi connectivity index (χ4n) is 2.77. The van der Waals surface area contributed by atoms with Crippen LogP contribution in [-0.4, -0.2) is 71.0 Å². The Kier molecular flexibility index (Phi) is 12.9. The second kappa shape index (κ2) is 14.6. The first-order chi connectivity index (χ1) is 16.4. The Morgan fingerprint density at radius 1 is 1.19 bits per heavy atom. The molecule has 10 nitrogen and oxygen atoms in total. The predicted molar refractivity (Wildman–Crippen MR) is 151 cm³/mol. The van der Waals surface area contributed by atoms with Crippen LogP contribution in [0.2, 0.25) is 0 Å². The van der Waals surface area contributed by atoms with Gasteiger partial charge in [-0.2, -0.15) is 4.99 Å². The summed E-state index contributed by atoms with van der Waals surface area (Å²) >= 11 is 2.42. The lowest BCUT2D eigenvalue weighted by atomic mass is 9.98. The third-order valence-electron chi connectivity index (χ3n) is 4.99. The SMILES string of the molecule is CC1C(C(=O)NCCC(=O)OCOC(=O)C(C)(C)C)SC(=NC(=O)c2ccc(SC=N)cc2)N1C.I. The number of nitrogens with zero attached hydrogens (tertiary/aromatic N) is 2. The number of hydrogen-bond acceptors (Lipinski definition) is 9. The molecule has 0 spiro atoms. The highest BCUT2D eigenvalue weighted by atomic mass is 127. The van der Waals surface area contributed by atoms with Gasteiger partial charge in [-0.1, -0.05) is 23.5 Å². The minimum atomic E-state index is -0.693. The van der Waals surface area contributed by atoms with Crippen molar-refractivity contribution < 1.29 is 28.7 Å². The number of carbonyl (C=O) groups is 4. The van der Waals surface area contributed by atoms with E-state index in [1.54, 1.807) is 57.0 Å². The van der Waals surface area contributed by atoms with Gasteiger partial charge in [0.15, 0.2) is 5.17 Å². The fourth-order valence-corrected chi connectivity index (χ4v) is 4.47. The molecule has 1 saturated heterocycles. The van der Waals surface area contributed by atoms with Crippen LogP contribution in [0.4, 0.5) is 0 Å². The average molecular weight is 651 g/mol. The van der Waals surface area contributed by atoms with Gasteiger partial charge in [0, 0.05) is 30.1 Å². The van der Waals surface area contributed by atoms with E-state index < -0.39 is 35.3 Å². The Morgan fingerprint density at radius 3 is 2.42 bits per heavy atom. The van der Waals surface area contributed by atoms with E-state index in [1.807, 2.05) is 6.92 Å². The number of ether oxygens (including phenoxy) is 2. The normalized spacial score (nSPS) is 18.2. The second-order valence-corrected chi connectivity index (χ2v) is 10.8.